The van der Waals surface area contributed by atoms with Crippen LogP contribution < -0.4 is 10.6 Å². The van der Waals surface area contributed by atoms with E-state index in [0.717, 1.165) is 50.0 Å². The highest BCUT2D eigenvalue weighted by molar-refractivity contribution is 5.95. The van der Waals surface area contributed by atoms with Gasteiger partial charge in [-0.1, -0.05) is 25.1 Å². The Morgan fingerprint density at radius 3 is 2.71 bits per heavy atom. The zero-order valence-corrected chi connectivity index (χ0v) is 14.6. The van der Waals surface area contributed by atoms with E-state index in [-0.39, 0.29) is 29.7 Å². The van der Waals surface area contributed by atoms with Gasteiger partial charge in [0, 0.05) is 18.7 Å². The summed E-state index contributed by atoms with van der Waals surface area (Å²) in [7, 11) is 1.74. The van der Waals surface area contributed by atoms with Crippen molar-refractivity contribution >= 4 is 17.5 Å². The molecule has 1 spiro atoms. The lowest BCUT2D eigenvalue weighted by Crippen LogP contribution is -2.38. The minimum atomic E-state index is -0.133. The first-order chi connectivity index (χ1) is 11.6. The Kier molecular flexibility index (Phi) is 4.90. The molecule has 1 aliphatic carbocycles. The fourth-order valence-corrected chi connectivity index (χ4v) is 3.87. The van der Waals surface area contributed by atoms with Crippen molar-refractivity contribution in [3.63, 3.8) is 0 Å². The largest absolute Gasteiger partial charge is 0.336 e. The molecule has 1 atom stereocenters. The average Bonchev–Trinajstić information content (AvgIpc) is 3.28. The van der Waals surface area contributed by atoms with E-state index in [1.54, 1.807) is 11.9 Å². The SMILES string of the molecule is CCc1ccccc1NC(=O)CN(C)C(=O)C1CC12CCNCC2. The molecule has 2 N–H and O–H groups in total. The molecule has 24 heavy (non-hydrogen) atoms. The van der Waals surface area contributed by atoms with Crippen LogP contribution in [-0.4, -0.2) is 43.4 Å². The zero-order valence-electron chi connectivity index (χ0n) is 14.6. The highest BCUT2D eigenvalue weighted by atomic mass is 16.2. The van der Waals surface area contributed by atoms with Gasteiger partial charge in [-0.25, -0.2) is 0 Å². The van der Waals surface area contributed by atoms with Gasteiger partial charge in [0.1, 0.15) is 0 Å². The molecule has 2 aliphatic rings. The van der Waals surface area contributed by atoms with Gasteiger partial charge < -0.3 is 15.5 Å². The highest BCUT2D eigenvalue weighted by Gasteiger charge is 2.58. The second-order valence-corrected chi connectivity index (χ2v) is 7.12. The minimum Gasteiger partial charge on any atom is -0.336 e. The number of hydrogen-bond donors (Lipinski definition) is 2. The Hall–Kier alpha value is -1.88. The van der Waals surface area contributed by atoms with E-state index >= 15 is 0 Å². The fourth-order valence-electron chi connectivity index (χ4n) is 3.87. The summed E-state index contributed by atoms with van der Waals surface area (Å²) in [4.78, 5) is 26.5. The quantitative estimate of drug-likeness (QED) is 0.869. The first-order valence-corrected chi connectivity index (χ1v) is 8.89. The van der Waals surface area contributed by atoms with Crippen molar-refractivity contribution in [3.05, 3.63) is 29.8 Å². The van der Waals surface area contributed by atoms with Crippen LogP contribution in [0.4, 0.5) is 5.69 Å². The standard InChI is InChI=1S/C19H27N3O2/c1-3-14-6-4-5-7-16(14)21-17(23)13-22(2)18(24)15-12-19(15)8-10-20-11-9-19/h4-7,15,20H,3,8-13H2,1-2H3,(H,21,23). The lowest BCUT2D eigenvalue weighted by molar-refractivity contribution is -0.135. The Balaban J connectivity index is 1.54. The van der Waals surface area contributed by atoms with Crippen LogP contribution in [0.1, 0.15) is 31.7 Å². The highest BCUT2D eigenvalue weighted by Crippen LogP contribution is 2.59. The van der Waals surface area contributed by atoms with Crippen LogP contribution in [-0.2, 0) is 16.0 Å². The van der Waals surface area contributed by atoms with E-state index in [1.165, 1.54) is 0 Å². The van der Waals surface area contributed by atoms with Gasteiger partial charge in [0.05, 0.1) is 6.54 Å². The second-order valence-electron chi connectivity index (χ2n) is 7.12. The number of carbonyl (C=O) groups is 2. The van der Waals surface area contributed by atoms with Crippen LogP contribution in [0.5, 0.6) is 0 Å². The number of piperidine rings is 1. The lowest BCUT2D eigenvalue weighted by atomic mass is 9.91. The first kappa shape index (κ1) is 17.0. The molecule has 2 amide bonds. The summed E-state index contributed by atoms with van der Waals surface area (Å²) in [6, 6.07) is 7.80. The molecule has 0 aromatic heterocycles. The van der Waals surface area contributed by atoms with Crippen molar-refractivity contribution in [2.24, 2.45) is 11.3 Å². The predicted octanol–water partition coefficient (Wildman–Crippen LogP) is 2.04. The van der Waals surface area contributed by atoms with E-state index < -0.39 is 0 Å². The number of anilines is 1. The van der Waals surface area contributed by atoms with Gasteiger partial charge >= 0.3 is 0 Å². The number of hydrogen-bond acceptors (Lipinski definition) is 3. The molecule has 1 aromatic carbocycles. The molecule has 3 rings (SSSR count). The number of nitrogens with one attached hydrogen (secondary N) is 2. The van der Waals surface area contributed by atoms with Gasteiger partial charge in [-0.15, -0.1) is 0 Å². The third kappa shape index (κ3) is 3.46. The van der Waals surface area contributed by atoms with Crippen molar-refractivity contribution in [3.8, 4) is 0 Å². The molecule has 2 fully saturated rings. The Morgan fingerprint density at radius 2 is 2.00 bits per heavy atom. The molecule has 1 saturated heterocycles. The Labute approximate surface area is 143 Å². The molecular weight excluding hydrogens is 302 g/mol. The zero-order chi connectivity index (χ0) is 17.2. The number of amides is 2. The number of aryl methyl sites for hydroxylation is 1. The van der Waals surface area contributed by atoms with Gasteiger partial charge in [0.25, 0.3) is 0 Å². The topological polar surface area (TPSA) is 61.4 Å². The minimum absolute atomic E-state index is 0.111. The number of para-hydroxylation sites is 1. The second kappa shape index (κ2) is 6.93. The normalized spacial score (nSPS) is 21.3. The van der Waals surface area contributed by atoms with Crippen LogP contribution in [0.25, 0.3) is 0 Å². The van der Waals surface area contributed by atoms with Gasteiger partial charge in [0.15, 0.2) is 0 Å². The van der Waals surface area contributed by atoms with Gasteiger partial charge in [-0.3, -0.25) is 9.59 Å². The fraction of sp³-hybridized carbons (Fsp3) is 0.579. The summed E-state index contributed by atoms with van der Waals surface area (Å²) >= 11 is 0. The number of nitrogens with zero attached hydrogens (tertiary/aromatic N) is 1. The Morgan fingerprint density at radius 1 is 1.29 bits per heavy atom. The summed E-state index contributed by atoms with van der Waals surface area (Å²) in [5, 5.41) is 6.29. The van der Waals surface area contributed by atoms with Crippen LogP contribution in [0.15, 0.2) is 24.3 Å². The maximum Gasteiger partial charge on any atom is 0.243 e. The van der Waals surface area contributed by atoms with Crippen molar-refractivity contribution < 1.29 is 9.59 Å². The maximum absolute atomic E-state index is 12.6. The molecule has 0 bridgehead atoms. The summed E-state index contributed by atoms with van der Waals surface area (Å²) in [5.74, 6) is 0.0999. The molecule has 1 aliphatic heterocycles. The van der Waals surface area contributed by atoms with Gasteiger partial charge in [-0.2, -0.15) is 0 Å². The molecule has 130 valence electrons. The van der Waals surface area contributed by atoms with Crippen molar-refractivity contribution in [2.45, 2.75) is 32.6 Å². The van der Waals surface area contributed by atoms with E-state index in [1.807, 2.05) is 24.3 Å². The van der Waals surface area contributed by atoms with E-state index in [0.29, 0.717) is 0 Å². The van der Waals surface area contributed by atoms with E-state index in [9.17, 15) is 9.59 Å². The summed E-state index contributed by atoms with van der Waals surface area (Å²) in [6.07, 6.45) is 4.00. The van der Waals surface area contributed by atoms with Crippen LogP contribution in [0.2, 0.25) is 0 Å². The van der Waals surface area contributed by atoms with Crippen LogP contribution in [0.3, 0.4) is 0 Å². The third-order valence-electron chi connectivity index (χ3n) is 5.52. The van der Waals surface area contributed by atoms with Crippen molar-refractivity contribution in [2.75, 3.05) is 32.0 Å². The number of carbonyl (C=O) groups excluding carboxylic acids is 2. The summed E-state index contributed by atoms with van der Waals surface area (Å²) < 4.78 is 0. The van der Waals surface area contributed by atoms with Crippen LogP contribution >= 0.6 is 0 Å². The van der Waals surface area contributed by atoms with Gasteiger partial charge in [0.2, 0.25) is 11.8 Å². The van der Waals surface area contributed by atoms with E-state index in [2.05, 4.69) is 17.6 Å². The molecule has 1 heterocycles. The average molecular weight is 329 g/mol. The number of benzene rings is 1. The maximum atomic E-state index is 12.6. The summed E-state index contributed by atoms with van der Waals surface area (Å²) in [5.41, 5.74) is 2.16. The molecule has 5 heteroatoms. The first-order valence-electron chi connectivity index (χ1n) is 8.89. The molecule has 5 nitrogen and oxygen atoms in total. The third-order valence-corrected chi connectivity index (χ3v) is 5.52. The molecular formula is C19H27N3O2. The van der Waals surface area contributed by atoms with E-state index in [4.69, 9.17) is 0 Å². The van der Waals surface area contributed by atoms with Gasteiger partial charge in [-0.05, 0) is 55.8 Å². The van der Waals surface area contributed by atoms with Crippen LogP contribution in [0, 0.1) is 11.3 Å². The van der Waals surface area contributed by atoms with Crippen molar-refractivity contribution in [1.82, 2.24) is 10.2 Å². The number of likely N-dealkylation sites (N-methyl/N-ethyl adjacent to an activating group) is 1. The predicted molar refractivity (Wildman–Crippen MR) is 94.7 cm³/mol. The Bertz CT molecular complexity index is 623. The molecule has 0 radical (unpaired) electrons. The molecule has 1 saturated carbocycles. The summed E-state index contributed by atoms with van der Waals surface area (Å²) in [6.45, 7) is 4.18. The molecule has 1 aromatic rings. The molecule has 1 unspecified atom stereocenters. The van der Waals surface area contributed by atoms with Crippen molar-refractivity contribution in [1.29, 1.82) is 0 Å². The lowest BCUT2D eigenvalue weighted by Gasteiger charge is -2.25. The number of rotatable bonds is 5. The monoisotopic (exact) mass is 329 g/mol. The smallest absolute Gasteiger partial charge is 0.243 e.